The number of halogens is 2. The summed E-state index contributed by atoms with van der Waals surface area (Å²) in [5.41, 5.74) is 1.24. The molecule has 20 heavy (non-hydrogen) atoms. The van der Waals surface area contributed by atoms with Gasteiger partial charge in [0.05, 0.1) is 0 Å². The van der Waals surface area contributed by atoms with E-state index in [9.17, 15) is 9.18 Å². The van der Waals surface area contributed by atoms with E-state index in [4.69, 9.17) is 0 Å². The van der Waals surface area contributed by atoms with E-state index in [-0.39, 0.29) is 30.2 Å². The molecular weight excluding hydrogens is 279 g/mol. The molecule has 1 N–H and O–H groups in total. The smallest absolute Gasteiger partial charge is 0.254 e. The zero-order chi connectivity index (χ0) is 13.8. The summed E-state index contributed by atoms with van der Waals surface area (Å²) in [6.45, 7) is 6.36. The predicted octanol–water partition coefficient (Wildman–Crippen LogP) is 2.77. The Balaban J connectivity index is 0.00000200. The summed E-state index contributed by atoms with van der Waals surface area (Å²) in [6.07, 6.45) is 1.89. The summed E-state index contributed by atoms with van der Waals surface area (Å²) in [6, 6.07) is 4.77. The highest BCUT2D eigenvalue weighted by atomic mass is 35.5. The molecule has 3 nitrogen and oxygen atoms in total. The first-order valence-electron chi connectivity index (χ1n) is 6.90. The molecule has 0 bridgehead atoms. The van der Waals surface area contributed by atoms with Crippen molar-refractivity contribution in [1.29, 1.82) is 0 Å². The van der Waals surface area contributed by atoms with Crippen molar-refractivity contribution < 1.29 is 9.18 Å². The highest BCUT2D eigenvalue weighted by Crippen LogP contribution is 2.16. The van der Waals surface area contributed by atoms with Crippen molar-refractivity contribution in [2.75, 3.05) is 19.6 Å². The summed E-state index contributed by atoms with van der Waals surface area (Å²) in [5, 5.41) is 3.27. The monoisotopic (exact) mass is 300 g/mol. The Hall–Kier alpha value is -1.13. The van der Waals surface area contributed by atoms with E-state index in [1.807, 2.05) is 4.90 Å². The molecule has 1 fully saturated rings. The summed E-state index contributed by atoms with van der Waals surface area (Å²) >= 11 is 0. The summed E-state index contributed by atoms with van der Waals surface area (Å²) in [5.74, 6) is -0.400. The first kappa shape index (κ1) is 16.9. The van der Waals surface area contributed by atoms with Gasteiger partial charge in [-0.05, 0) is 50.1 Å². The minimum Gasteiger partial charge on any atom is -0.334 e. The minimum absolute atomic E-state index is 0. The molecule has 112 valence electrons. The Morgan fingerprint density at radius 1 is 1.45 bits per heavy atom. The summed E-state index contributed by atoms with van der Waals surface area (Å²) in [4.78, 5) is 14.4. The second kappa shape index (κ2) is 7.60. The highest BCUT2D eigenvalue weighted by molar-refractivity contribution is 5.94. The van der Waals surface area contributed by atoms with Gasteiger partial charge in [0.15, 0.2) is 0 Å². The molecule has 0 saturated carbocycles. The van der Waals surface area contributed by atoms with E-state index in [2.05, 4.69) is 12.2 Å². The third-order valence-electron chi connectivity index (χ3n) is 3.49. The lowest BCUT2D eigenvalue weighted by Crippen LogP contribution is -2.42. The molecule has 0 spiro atoms. The maximum Gasteiger partial charge on any atom is 0.254 e. The number of hydrogen-bond acceptors (Lipinski definition) is 2. The van der Waals surface area contributed by atoms with E-state index in [1.54, 1.807) is 13.0 Å². The topological polar surface area (TPSA) is 32.3 Å². The molecule has 1 atom stereocenters. The number of nitrogens with zero attached hydrogens (tertiary/aromatic N) is 1. The quantitative estimate of drug-likeness (QED) is 0.927. The van der Waals surface area contributed by atoms with Gasteiger partial charge in [0, 0.05) is 24.7 Å². The molecule has 0 aliphatic carbocycles. The van der Waals surface area contributed by atoms with Gasteiger partial charge in [0.2, 0.25) is 0 Å². The molecule has 1 aromatic rings. The lowest BCUT2D eigenvalue weighted by Gasteiger charge is -2.28. The Morgan fingerprint density at radius 2 is 2.20 bits per heavy atom. The number of aryl methyl sites for hydroxylation is 1. The molecule has 5 heteroatoms. The zero-order valence-electron chi connectivity index (χ0n) is 12.0. The van der Waals surface area contributed by atoms with Crippen LogP contribution < -0.4 is 5.32 Å². The molecule has 1 aromatic carbocycles. The fourth-order valence-corrected chi connectivity index (χ4v) is 2.62. The lowest BCUT2D eigenvalue weighted by molar-refractivity contribution is 0.0691. The predicted molar refractivity (Wildman–Crippen MR) is 81.0 cm³/mol. The number of carbonyl (C=O) groups is 1. The second-order valence-electron chi connectivity index (χ2n) is 5.16. The van der Waals surface area contributed by atoms with Crippen LogP contribution in [-0.2, 0) is 0 Å². The average molecular weight is 301 g/mol. The van der Waals surface area contributed by atoms with Gasteiger partial charge in [-0.15, -0.1) is 12.4 Å². The van der Waals surface area contributed by atoms with Crippen LogP contribution in [-0.4, -0.2) is 36.5 Å². The largest absolute Gasteiger partial charge is 0.334 e. The number of rotatable bonds is 4. The molecule has 1 heterocycles. The van der Waals surface area contributed by atoms with Crippen molar-refractivity contribution in [2.45, 2.75) is 32.7 Å². The number of nitrogens with one attached hydrogen (secondary N) is 1. The van der Waals surface area contributed by atoms with Gasteiger partial charge < -0.3 is 10.2 Å². The molecule has 1 aliphatic heterocycles. The standard InChI is InChI=1S/C15H21FN2O.ClH/c1-3-6-18(14-4-5-17-10-14)15(19)12-7-11(2)8-13(16)9-12;/h7-9,14,17H,3-6,10H2,1-2H3;1H. The van der Waals surface area contributed by atoms with Crippen molar-refractivity contribution in [3.8, 4) is 0 Å². The van der Waals surface area contributed by atoms with Gasteiger partial charge in [-0.25, -0.2) is 4.39 Å². The lowest BCUT2D eigenvalue weighted by atomic mass is 10.1. The van der Waals surface area contributed by atoms with Crippen LogP contribution in [0.2, 0.25) is 0 Å². The zero-order valence-corrected chi connectivity index (χ0v) is 12.8. The second-order valence-corrected chi connectivity index (χ2v) is 5.16. The number of amides is 1. The van der Waals surface area contributed by atoms with Crippen LogP contribution in [0.1, 0.15) is 35.7 Å². The fraction of sp³-hybridized carbons (Fsp3) is 0.533. The molecule has 1 aliphatic rings. The molecule has 2 rings (SSSR count). The SMILES string of the molecule is CCCN(C(=O)c1cc(C)cc(F)c1)C1CCNC1.Cl. The van der Waals surface area contributed by atoms with Crippen molar-refractivity contribution in [3.63, 3.8) is 0 Å². The Morgan fingerprint density at radius 3 is 2.75 bits per heavy atom. The van der Waals surface area contributed by atoms with Crippen LogP contribution >= 0.6 is 12.4 Å². The van der Waals surface area contributed by atoms with E-state index < -0.39 is 0 Å². The minimum atomic E-state index is -0.343. The van der Waals surface area contributed by atoms with Crippen LogP contribution in [0, 0.1) is 12.7 Å². The van der Waals surface area contributed by atoms with Gasteiger partial charge >= 0.3 is 0 Å². The molecule has 1 amide bonds. The molecule has 1 saturated heterocycles. The maximum absolute atomic E-state index is 13.4. The van der Waals surface area contributed by atoms with E-state index in [0.29, 0.717) is 5.56 Å². The van der Waals surface area contributed by atoms with Crippen molar-refractivity contribution >= 4 is 18.3 Å². The average Bonchev–Trinajstić information content (AvgIpc) is 2.87. The number of carbonyl (C=O) groups excluding carboxylic acids is 1. The van der Waals surface area contributed by atoms with Crippen LogP contribution in [0.5, 0.6) is 0 Å². The number of hydrogen-bond donors (Lipinski definition) is 1. The number of benzene rings is 1. The molecule has 0 radical (unpaired) electrons. The van der Waals surface area contributed by atoms with Crippen LogP contribution in [0.25, 0.3) is 0 Å². The summed E-state index contributed by atoms with van der Waals surface area (Å²) in [7, 11) is 0. The Bertz CT molecular complexity index is 441. The maximum atomic E-state index is 13.4. The van der Waals surface area contributed by atoms with Crippen molar-refractivity contribution in [1.82, 2.24) is 10.2 Å². The fourth-order valence-electron chi connectivity index (χ4n) is 2.62. The highest BCUT2D eigenvalue weighted by Gasteiger charge is 2.26. The van der Waals surface area contributed by atoms with Crippen LogP contribution in [0.4, 0.5) is 4.39 Å². The third-order valence-corrected chi connectivity index (χ3v) is 3.49. The van der Waals surface area contributed by atoms with Gasteiger partial charge in [0.25, 0.3) is 5.91 Å². The molecular formula is C15H22ClFN2O. The van der Waals surface area contributed by atoms with Crippen LogP contribution in [0.15, 0.2) is 18.2 Å². The van der Waals surface area contributed by atoms with E-state index in [1.165, 1.54) is 12.1 Å². The molecule has 1 unspecified atom stereocenters. The Labute approximate surface area is 125 Å². The Kier molecular flexibility index (Phi) is 6.43. The molecule has 0 aromatic heterocycles. The van der Waals surface area contributed by atoms with Gasteiger partial charge in [0.1, 0.15) is 5.82 Å². The first-order valence-corrected chi connectivity index (χ1v) is 6.90. The van der Waals surface area contributed by atoms with E-state index in [0.717, 1.165) is 38.0 Å². The van der Waals surface area contributed by atoms with Gasteiger partial charge in [-0.3, -0.25) is 4.79 Å². The van der Waals surface area contributed by atoms with Crippen LogP contribution in [0.3, 0.4) is 0 Å². The van der Waals surface area contributed by atoms with Gasteiger partial charge in [-0.2, -0.15) is 0 Å². The van der Waals surface area contributed by atoms with Crippen molar-refractivity contribution in [3.05, 3.63) is 35.1 Å². The van der Waals surface area contributed by atoms with Crippen molar-refractivity contribution in [2.24, 2.45) is 0 Å². The van der Waals surface area contributed by atoms with E-state index >= 15 is 0 Å². The normalized spacial score (nSPS) is 17.6. The summed E-state index contributed by atoms with van der Waals surface area (Å²) < 4.78 is 13.4. The third kappa shape index (κ3) is 3.93. The van der Waals surface area contributed by atoms with Gasteiger partial charge in [-0.1, -0.05) is 6.92 Å². The first-order chi connectivity index (χ1) is 9.11.